The molecule has 2 heterocycles. The topological polar surface area (TPSA) is 53.1 Å². The predicted octanol–water partition coefficient (Wildman–Crippen LogP) is 1.22. The number of piperazine rings is 1. The van der Waals surface area contributed by atoms with Crippen molar-refractivity contribution >= 4 is 11.8 Å². The van der Waals surface area contributed by atoms with Gasteiger partial charge < -0.3 is 19.4 Å². The number of benzene rings is 1. The maximum Gasteiger partial charge on any atom is 0.260 e. The third kappa shape index (κ3) is 5.19. The molecular formula is C19H27N3O3. The molecule has 1 aromatic carbocycles. The average Bonchev–Trinajstić information content (AvgIpc) is 3.19. The number of ether oxygens (including phenoxy) is 1. The van der Waals surface area contributed by atoms with Crippen molar-refractivity contribution in [2.75, 3.05) is 52.4 Å². The van der Waals surface area contributed by atoms with E-state index in [-0.39, 0.29) is 18.4 Å². The summed E-state index contributed by atoms with van der Waals surface area (Å²) >= 11 is 0. The second kappa shape index (κ2) is 8.85. The van der Waals surface area contributed by atoms with Crippen LogP contribution in [-0.2, 0) is 9.59 Å². The lowest BCUT2D eigenvalue weighted by Gasteiger charge is -2.35. The maximum absolute atomic E-state index is 12.3. The van der Waals surface area contributed by atoms with Crippen LogP contribution in [0.4, 0.5) is 0 Å². The number of likely N-dealkylation sites (tertiary alicyclic amines) is 1. The number of rotatable bonds is 6. The van der Waals surface area contributed by atoms with Crippen LogP contribution in [-0.4, -0.2) is 78.9 Å². The fourth-order valence-electron chi connectivity index (χ4n) is 3.38. The largest absolute Gasteiger partial charge is 0.484 e. The van der Waals surface area contributed by atoms with Crippen LogP contribution in [0, 0.1) is 0 Å². The van der Waals surface area contributed by atoms with E-state index in [4.69, 9.17) is 4.74 Å². The molecule has 0 spiro atoms. The smallest absolute Gasteiger partial charge is 0.260 e. The van der Waals surface area contributed by atoms with Gasteiger partial charge in [-0.2, -0.15) is 0 Å². The first kappa shape index (κ1) is 17.7. The first-order valence-corrected chi connectivity index (χ1v) is 9.18. The van der Waals surface area contributed by atoms with Crippen LogP contribution in [0.15, 0.2) is 30.3 Å². The van der Waals surface area contributed by atoms with Gasteiger partial charge in [0.05, 0.1) is 0 Å². The molecule has 0 saturated carbocycles. The molecule has 0 bridgehead atoms. The van der Waals surface area contributed by atoms with Crippen molar-refractivity contribution in [2.45, 2.75) is 19.3 Å². The number of carbonyl (C=O) groups is 2. The van der Waals surface area contributed by atoms with Crippen molar-refractivity contribution in [3.8, 4) is 5.75 Å². The molecule has 0 aromatic heterocycles. The molecule has 3 rings (SSSR count). The van der Waals surface area contributed by atoms with Crippen molar-refractivity contribution in [1.29, 1.82) is 0 Å². The molecule has 2 amide bonds. The van der Waals surface area contributed by atoms with Gasteiger partial charge in [-0.05, 0) is 38.1 Å². The van der Waals surface area contributed by atoms with E-state index in [1.165, 1.54) is 12.8 Å². The number of hydrogen-bond acceptors (Lipinski definition) is 4. The molecule has 0 N–H and O–H groups in total. The summed E-state index contributed by atoms with van der Waals surface area (Å²) in [6.45, 7) is 5.58. The Kier molecular flexibility index (Phi) is 6.28. The second-order valence-electron chi connectivity index (χ2n) is 6.66. The number of nitrogens with zero attached hydrogens (tertiary/aromatic N) is 3. The second-order valence-corrected chi connectivity index (χ2v) is 6.66. The highest BCUT2D eigenvalue weighted by molar-refractivity contribution is 5.79. The molecule has 25 heavy (non-hydrogen) atoms. The van der Waals surface area contributed by atoms with E-state index in [2.05, 4.69) is 4.90 Å². The molecule has 2 saturated heterocycles. The summed E-state index contributed by atoms with van der Waals surface area (Å²) in [6, 6.07) is 9.35. The molecule has 2 aliphatic heterocycles. The number of amides is 2. The molecule has 0 unspecified atom stereocenters. The lowest BCUT2D eigenvalue weighted by atomic mass is 10.2. The summed E-state index contributed by atoms with van der Waals surface area (Å²) in [7, 11) is 0. The van der Waals surface area contributed by atoms with Crippen LogP contribution < -0.4 is 4.74 Å². The molecule has 1 aromatic rings. The van der Waals surface area contributed by atoms with E-state index in [0.717, 1.165) is 19.6 Å². The van der Waals surface area contributed by atoms with E-state index >= 15 is 0 Å². The Morgan fingerprint density at radius 2 is 1.44 bits per heavy atom. The van der Waals surface area contributed by atoms with Crippen molar-refractivity contribution in [2.24, 2.45) is 0 Å². The minimum atomic E-state index is -0.0204. The Labute approximate surface area is 149 Å². The van der Waals surface area contributed by atoms with E-state index in [9.17, 15) is 9.59 Å². The Bertz CT molecular complexity index is 565. The molecular weight excluding hydrogens is 318 g/mol. The van der Waals surface area contributed by atoms with E-state index in [1.807, 2.05) is 35.2 Å². The zero-order valence-electron chi connectivity index (χ0n) is 14.7. The minimum absolute atomic E-state index is 0.0204. The average molecular weight is 345 g/mol. The summed E-state index contributed by atoms with van der Waals surface area (Å²) in [5.41, 5.74) is 0. The van der Waals surface area contributed by atoms with Crippen LogP contribution >= 0.6 is 0 Å². The Balaban J connectivity index is 1.35. The standard InChI is InChI=1S/C19H27N3O3/c23-18(8-11-20-9-4-5-10-20)21-12-14-22(15-13-21)19(24)16-25-17-6-2-1-3-7-17/h1-3,6-7H,4-5,8-16H2. The molecule has 0 radical (unpaired) electrons. The monoisotopic (exact) mass is 345 g/mol. The van der Waals surface area contributed by atoms with Gasteiger partial charge in [0.1, 0.15) is 5.75 Å². The minimum Gasteiger partial charge on any atom is -0.484 e. The van der Waals surface area contributed by atoms with Gasteiger partial charge in [0.15, 0.2) is 6.61 Å². The van der Waals surface area contributed by atoms with Gasteiger partial charge in [-0.1, -0.05) is 18.2 Å². The van der Waals surface area contributed by atoms with Crippen LogP contribution in [0.25, 0.3) is 0 Å². The normalized spacial score (nSPS) is 18.4. The first-order valence-electron chi connectivity index (χ1n) is 9.18. The Morgan fingerprint density at radius 3 is 2.08 bits per heavy atom. The van der Waals surface area contributed by atoms with Gasteiger partial charge in [-0.15, -0.1) is 0 Å². The first-order chi connectivity index (χ1) is 12.2. The SMILES string of the molecule is O=C(CCN1CCCC1)N1CCN(C(=O)COc2ccccc2)CC1. The van der Waals surface area contributed by atoms with E-state index < -0.39 is 0 Å². The molecule has 2 aliphatic rings. The number of carbonyl (C=O) groups excluding carboxylic acids is 2. The van der Waals surface area contributed by atoms with Gasteiger partial charge in [-0.3, -0.25) is 9.59 Å². The van der Waals surface area contributed by atoms with Gasteiger partial charge in [0.25, 0.3) is 5.91 Å². The molecule has 136 valence electrons. The van der Waals surface area contributed by atoms with Crippen LogP contribution in [0.2, 0.25) is 0 Å². The summed E-state index contributed by atoms with van der Waals surface area (Å²) in [6.07, 6.45) is 3.09. The quantitative estimate of drug-likeness (QED) is 0.778. The lowest BCUT2D eigenvalue weighted by Crippen LogP contribution is -2.52. The molecule has 2 fully saturated rings. The summed E-state index contributed by atoms with van der Waals surface area (Å²) in [5.74, 6) is 0.888. The summed E-state index contributed by atoms with van der Waals surface area (Å²) in [4.78, 5) is 30.6. The predicted molar refractivity (Wildman–Crippen MR) is 95.4 cm³/mol. The fourth-order valence-corrected chi connectivity index (χ4v) is 3.38. The van der Waals surface area contributed by atoms with Crippen LogP contribution in [0.3, 0.4) is 0 Å². The van der Waals surface area contributed by atoms with E-state index in [1.54, 1.807) is 4.90 Å². The van der Waals surface area contributed by atoms with Crippen molar-refractivity contribution < 1.29 is 14.3 Å². The number of hydrogen-bond donors (Lipinski definition) is 0. The summed E-state index contributed by atoms with van der Waals surface area (Å²) < 4.78 is 5.51. The third-order valence-electron chi connectivity index (χ3n) is 4.93. The van der Waals surface area contributed by atoms with Crippen molar-refractivity contribution in [3.63, 3.8) is 0 Å². The van der Waals surface area contributed by atoms with Gasteiger partial charge in [-0.25, -0.2) is 0 Å². The molecule has 0 aliphatic carbocycles. The Hall–Kier alpha value is -2.08. The Morgan fingerprint density at radius 1 is 0.840 bits per heavy atom. The van der Waals surface area contributed by atoms with Crippen molar-refractivity contribution in [3.05, 3.63) is 30.3 Å². The lowest BCUT2D eigenvalue weighted by molar-refractivity contribution is -0.140. The fraction of sp³-hybridized carbons (Fsp3) is 0.579. The van der Waals surface area contributed by atoms with Gasteiger partial charge >= 0.3 is 0 Å². The van der Waals surface area contributed by atoms with Gasteiger partial charge in [0, 0.05) is 39.1 Å². The highest BCUT2D eigenvalue weighted by Gasteiger charge is 2.24. The van der Waals surface area contributed by atoms with Crippen LogP contribution in [0.5, 0.6) is 5.75 Å². The maximum atomic E-state index is 12.3. The summed E-state index contributed by atoms with van der Waals surface area (Å²) in [5, 5.41) is 0. The highest BCUT2D eigenvalue weighted by atomic mass is 16.5. The van der Waals surface area contributed by atoms with E-state index in [0.29, 0.717) is 38.3 Å². The van der Waals surface area contributed by atoms with Crippen LogP contribution in [0.1, 0.15) is 19.3 Å². The van der Waals surface area contributed by atoms with Gasteiger partial charge in [0.2, 0.25) is 5.91 Å². The number of para-hydroxylation sites is 1. The zero-order chi connectivity index (χ0) is 17.5. The van der Waals surface area contributed by atoms with Crippen molar-refractivity contribution in [1.82, 2.24) is 14.7 Å². The third-order valence-corrected chi connectivity index (χ3v) is 4.93. The zero-order valence-corrected chi connectivity index (χ0v) is 14.7. The molecule has 6 heteroatoms. The molecule has 6 nitrogen and oxygen atoms in total. The highest BCUT2D eigenvalue weighted by Crippen LogP contribution is 2.11. The molecule has 0 atom stereocenters.